The van der Waals surface area contributed by atoms with E-state index in [9.17, 15) is 0 Å². The van der Waals surface area contributed by atoms with Crippen LogP contribution >= 0.6 is 0 Å². The van der Waals surface area contributed by atoms with Crippen LogP contribution in [0.4, 0.5) is 0 Å². The molecule has 0 heteroatoms. The average Bonchev–Trinajstić information content (AvgIpc) is 3.22. The second-order valence-electron chi connectivity index (χ2n) is 8.26. The molecule has 2 unspecified atom stereocenters. The molecule has 138 valence electrons. The molecule has 2 aliphatic carbocycles. The summed E-state index contributed by atoms with van der Waals surface area (Å²) in [6.07, 6.45) is 7.22. The Balaban J connectivity index is 1.43. The number of rotatable bonds is 4. The average molecular weight is 363 g/mol. The van der Waals surface area contributed by atoms with E-state index in [4.69, 9.17) is 0 Å². The lowest BCUT2D eigenvalue weighted by Gasteiger charge is -2.20. The maximum absolute atomic E-state index is 2.42. The van der Waals surface area contributed by atoms with Crippen LogP contribution in [0, 0.1) is 0 Å². The molecule has 0 N–H and O–H groups in total. The van der Waals surface area contributed by atoms with Gasteiger partial charge in [0.2, 0.25) is 0 Å². The first-order valence-corrected chi connectivity index (χ1v) is 10.4. The van der Waals surface area contributed by atoms with E-state index in [1.807, 2.05) is 0 Å². The Labute approximate surface area is 168 Å². The van der Waals surface area contributed by atoms with Crippen molar-refractivity contribution in [3.8, 4) is 11.1 Å². The van der Waals surface area contributed by atoms with Crippen molar-refractivity contribution in [2.45, 2.75) is 38.5 Å². The molecule has 0 aliphatic heterocycles. The Hall–Kier alpha value is -2.86. The zero-order chi connectivity index (χ0) is 19.1. The van der Waals surface area contributed by atoms with Crippen molar-refractivity contribution < 1.29 is 0 Å². The molecule has 0 spiro atoms. The third kappa shape index (κ3) is 2.85. The van der Waals surface area contributed by atoms with Gasteiger partial charge < -0.3 is 0 Å². The Morgan fingerprint density at radius 2 is 1.25 bits per heavy atom. The predicted octanol–water partition coefficient (Wildman–Crippen LogP) is 7.84. The van der Waals surface area contributed by atoms with Crippen LogP contribution < -0.4 is 0 Å². The number of fused-ring (bicyclic) bond motifs is 2. The van der Waals surface area contributed by atoms with Crippen molar-refractivity contribution in [1.82, 2.24) is 0 Å². The Kier molecular flexibility index (Phi) is 4.28. The zero-order valence-electron chi connectivity index (χ0n) is 16.7. The predicted molar refractivity (Wildman–Crippen MR) is 120 cm³/mol. The third-order valence-corrected chi connectivity index (χ3v) is 6.57. The molecule has 0 saturated heterocycles. The molecule has 2 aliphatic rings. The minimum atomic E-state index is 0.541. The lowest BCUT2D eigenvalue weighted by molar-refractivity contribution is 0.611. The minimum absolute atomic E-state index is 0.541. The molecular formula is C28H26. The summed E-state index contributed by atoms with van der Waals surface area (Å²) < 4.78 is 0. The normalized spacial score (nSPS) is 19.8. The third-order valence-electron chi connectivity index (χ3n) is 6.57. The van der Waals surface area contributed by atoms with Crippen molar-refractivity contribution in [3.63, 3.8) is 0 Å². The first kappa shape index (κ1) is 17.3. The SMILES string of the molecule is CC1=Cc2ccccc2C1CCC1C(C)=Cc2c(-c3ccccc3)cccc21. The van der Waals surface area contributed by atoms with Gasteiger partial charge in [-0.15, -0.1) is 0 Å². The number of hydrogen-bond acceptors (Lipinski definition) is 0. The molecule has 3 aromatic rings. The smallest absolute Gasteiger partial charge is 0.00552 e. The Bertz CT molecular complexity index is 1080. The van der Waals surface area contributed by atoms with Gasteiger partial charge in [-0.3, -0.25) is 0 Å². The summed E-state index contributed by atoms with van der Waals surface area (Å²) in [6, 6.07) is 26.5. The van der Waals surface area contributed by atoms with E-state index >= 15 is 0 Å². The maximum atomic E-state index is 2.42. The van der Waals surface area contributed by atoms with Crippen LogP contribution in [-0.2, 0) is 0 Å². The summed E-state index contributed by atoms with van der Waals surface area (Å²) in [7, 11) is 0. The van der Waals surface area contributed by atoms with Gasteiger partial charge in [-0.25, -0.2) is 0 Å². The van der Waals surface area contributed by atoms with E-state index < -0.39 is 0 Å². The van der Waals surface area contributed by atoms with Crippen LogP contribution in [0.15, 0.2) is 83.9 Å². The van der Waals surface area contributed by atoms with E-state index in [2.05, 4.69) is 98.8 Å². The van der Waals surface area contributed by atoms with Gasteiger partial charge >= 0.3 is 0 Å². The van der Waals surface area contributed by atoms with Crippen molar-refractivity contribution >= 4 is 12.2 Å². The van der Waals surface area contributed by atoms with Gasteiger partial charge in [-0.05, 0) is 60.1 Å². The van der Waals surface area contributed by atoms with E-state index in [-0.39, 0.29) is 0 Å². The molecule has 0 radical (unpaired) electrons. The Morgan fingerprint density at radius 1 is 0.607 bits per heavy atom. The quantitative estimate of drug-likeness (QED) is 0.443. The van der Waals surface area contributed by atoms with Gasteiger partial charge in [0.05, 0.1) is 0 Å². The van der Waals surface area contributed by atoms with E-state index in [1.54, 1.807) is 0 Å². The largest absolute Gasteiger partial charge is 0.0652 e. The van der Waals surface area contributed by atoms with Crippen LogP contribution in [0.2, 0.25) is 0 Å². The molecule has 0 amide bonds. The number of hydrogen-bond donors (Lipinski definition) is 0. The maximum Gasteiger partial charge on any atom is 0.00552 e. The highest BCUT2D eigenvalue weighted by molar-refractivity contribution is 5.81. The highest BCUT2D eigenvalue weighted by atomic mass is 14.3. The second-order valence-corrected chi connectivity index (χ2v) is 8.26. The summed E-state index contributed by atoms with van der Waals surface area (Å²) in [6.45, 7) is 4.61. The summed E-state index contributed by atoms with van der Waals surface area (Å²) in [5.74, 6) is 1.12. The van der Waals surface area contributed by atoms with Crippen LogP contribution in [0.25, 0.3) is 23.3 Å². The molecule has 0 fully saturated rings. The van der Waals surface area contributed by atoms with Crippen molar-refractivity contribution in [2.24, 2.45) is 0 Å². The molecule has 0 heterocycles. The van der Waals surface area contributed by atoms with E-state index in [0.29, 0.717) is 11.8 Å². The van der Waals surface area contributed by atoms with Crippen LogP contribution in [0.3, 0.4) is 0 Å². The molecule has 0 bridgehead atoms. The van der Waals surface area contributed by atoms with E-state index in [0.717, 1.165) is 0 Å². The van der Waals surface area contributed by atoms with Crippen LogP contribution in [-0.4, -0.2) is 0 Å². The highest BCUT2D eigenvalue weighted by Crippen LogP contribution is 2.46. The zero-order valence-corrected chi connectivity index (χ0v) is 16.7. The fourth-order valence-electron chi connectivity index (χ4n) is 5.14. The van der Waals surface area contributed by atoms with Gasteiger partial charge in [0, 0.05) is 11.8 Å². The van der Waals surface area contributed by atoms with Crippen molar-refractivity contribution in [1.29, 1.82) is 0 Å². The lowest BCUT2D eigenvalue weighted by Crippen LogP contribution is -2.03. The molecule has 2 atom stereocenters. The first-order valence-electron chi connectivity index (χ1n) is 10.4. The van der Waals surface area contributed by atoms with Gasteiger partial charge in [0.15, 0.2) is 0 Å². The van der Waals surface area contributed by atoms with Crippen molar-refractivity contribution in [3.05, 3.63) is 106 Å². The summed E-state index contributed by atoms with van der Waals surface area (Å²) in [5.41, 5.74) is 11.6. The minimum Gasteiger partial charge on any atom is -0.0652 e. The van der Waals surface area contributed by atoms with Gasteiger partial charge in [0.25, 0.3) is 0 Å². The molecule has 28 heavy (non-hydrogen) atoms. The van der Waals surface area contributed by atoms with Crippen LogP contribution in [0.5, 0.6) is 0 Å². The summed E-state index contributed by atoms with van der Waals surface area (Å²) in [5, 5.41) is 0. The van der Waals surface area contributed by atoms with Gasteiger partial charge in [-0.2, -0.15) is 0 Å². The summed E-state index contributed by atoms with van der Waals surface area (Å²) in [4.78, 5) is 0. The van der Waals surface area contributed by atoms with E-state index in [1.165, 1.54) is 57.4 Å². The fourth-order valence-corrected chi connectivity index (χ4v) is 5.14. The molecule has 3 aromatic carbocycles. The highest BCUT2D eigenvalue weighted by Gasteiger charge is 2.28. The standard InChI is InChI=1S/C28H26/c1-19-17-22-11-6-7-12-26(22)23(19)15-16-24-20(2)18-28-25(13-8-14-27(24)28)21-9-4-3-5-10-21/h3-14,17-18,23-24H,15-16H2,1-2H3. The molecular weight excluding hydrogens is 336 g/mol. The van der Waals surface area contributed by atoms with Gasteiger partial charge in [0.1, 0.15) is 0 Å². The molecule has 5 rings (SSSR count). The summed E-state index contributed by atoms with van der Waals surface area (Å²) >= 11 is 0. The van der Waals surface area contributed by atoms with Crippen LogP contribution in [0.1, 0.15) is 60.8 Å². The lowest BCUT2D eigenvalue weighted by atomic mass is 9.84. The second kappa shape index (κ2) is 6.95. The van der Waals surface area contributed by atoms with Crippen molar-refractivity contribution in [2.75, 3.05) is 0 Å². The molecule has 0 aromatic heterocycles. The molecule has 0 saturated carbocycles. The molecule has 0 nitrogen and oxygen atoms in total. The Morgan fingerprint density at radius 3 is 2.07 bits per heavy atom. The fraction of sp³-hybridized carbons (Fsp3) is 0.214. The number of allylic oxidation sites excluding steroid dienone is 2. The first-order chi connectivity index (χ1) is 13.7. The topological polar surface area (TPSA) is 0 Å². The monoisotopic (exact) mass is 362 g/mol. The van der Waals surface area contributed by atoms with Gasteiger partial charge in [-0.1, -0.05) is 96.1 Å². The number of benzene rings is 3.